The summed E-state index contributed by atoms with van der Waals surface area (Å²) in [5, 5.41) is 22.5. The van der Waals surface area contributed by atoms with Crippen LogP contribution in [-0.4, -0.2) is 32.7 Å². The Morgan fingerprint density at radius 2 is 1.97 bits per heavy atom. The van der Waals surface area contributed by atoms with Crippen molar-refractivity contribution in [2.24, 2.45) is 0 Å². The fourth-order valence-corrected chi connectivity index (χ4v) is 2.88. The minimum atomic E-state index is -4.65. The van der Waals surface area contributed by atoms with Gasteiger partial charge in [0.1, 0.15) is 23.3 Å². The van der Waals surface area contributed by atoms with Gasteiger partial charge in [-0.15, -0.1) is 5.10 Å². The number of rotatable bonds is 6. The second kappa shape index (κ2) is 8.38. The SMILES string of the molecule is COc1ccccc1-c1nc(COc2cc(-c3n[nH]nc3C#N)cc(C(F)(F)F)c2)no1. The minimum absolute atomic E-state index is 0.0166. The van der Waals surface area contributed by atoms with Gasteiger partial charge >= 0.3 is 6.18 Å². The van der Waals surface area contributed by atoms with E-state index in [4.69, 9.17) is 19.3 Å². The van der Waals surface area contributed by atoms with E-state index < -0.39 is 11.7 Å². The molecule has 0 bridgehead atoms. The second-order valence-electron chi connectivity index (χ2n) is 6.38. The van der Waals surface area contributed by atoms with Crippen molar-refractivity contribution in [2.45, 2.75) is 12.8 Å². The van der Waals surface area contributed by atoms with Gasteiger partial charge in [-0.2, -0.15) is 33.7 Å². The highest BCUT2D eigenvalue weighted by molar-refractivity contribution is 5.67. The zero-order valence-electron chi connectivity index (χ0n) is 16.3. The number of nitrogens with zero attached hydrogens (tertiary/aromatic N) is 5. The lowest BCUT2D eigenvalue weighted by molar-refractivity contribution is -0.137. The van der Waals surface area contributed by atoms with E-state index in [1.54, 1.807) is 30.3 Å². The third-order valence-corrected chi connectivity index (χ3v) is 4.33. The number of para-hydroxylation sites is 1. The number of hydrogen-bond acceptors (Lipinski definition) is 8. The Bertz CT molecular complexity index is 1290. The molecule has 2 aromatic carbocycles. The average molecular weight is 442 g/mol. The van der Waals surface area contributed by atoms with Gasteiger partial charge in [-0.3, -0.25) is 0 Å². The molecule has 0 aliphatic carbocycles. The average Bonchev–Trinajstić information content (AvgIpc) is 3.46. The number of methoxy groups -OCH3 is 1. The van der Waals surface area contributed by atoms with Crippen molar-refractivity contribution in [1.29, 1.82) is 5.26 Å². The summed E-state index contributed by atoms with van der Waals surface area (Å²) in [6.45, 7) is -0.261. The molecular weight excluding hydrogens is 429 g/mol. The number of ether oxygens (including phenoxy) is 2. The summed E-state index contributed by atoms with van der Waals surface area (Å²) in [4.78, 5) is 4.20. The van der Waals surface area contributed by atoms with Crippen LogP contribution >= 0.6 is 0 Å². The van der Waals surface area contributed by atoms with Crippen molar-refractivity contribution in [3.05, 3.63) is 59.5 Å². The lowest BCUT2D eigenvalue weighted by Gasteiger charge is -2.11. The molecule has 0 fully saturated rings. The van der Waals surface area contributed by atoms with Gasteiger partial charge in [-0.25, -0.2) is 0 Å². The molecule has 32 heavy (non-hydrogen) atoms. The molecule has 12 heteroatoms. The van der Waals surface area contributed by atoms with E-state index in [1.165, 1.54) is 13.2 Å². The van der Waals surface area contributed by atoms with Crippen molar-refractivity contribution in [3.63, 3.8) is 0 Å². The molecule has 0 radical (unpaired) electrons. The number of benzene rings is 2. The van der Waals surface area contributed by atoms with Crippen LogP contribution in [0.15, 0.2) is 47.0 Å². The van der Waals surface area contributed by atoms with E-state index in [9.17, 15) is 13.2 Å². The van der Waals surface area contributed by atoms with Crippen LogP contribution in [0.25, 0.3) is 22.7 Å². The molecule has 0 aliphatic heterocycles. The quantitative estimate of drug-likeness (QED) is 0.475. The number of aromatic amines is 1. The largest absolute Gasteiger partial charge is 0.496 e. The van der Waals surface area contributed by atoms with Gasteiger partial charge in [0.05, 0.1) is 18.2 Å². The van der Waals surface area contributed by atoms with E-state index in [2.05, 4.69) is 25.6 Å². The fourth-order valence-electron chi connectivity index (χ4n) is 2.88. The minimum Gasteiger partial charge on any atom is -0.496 e. The summed E-state index contributed by atoms with van der Waals surface area (Å²) in [6.07, 6.45) is -4.65. The predicted octanol–water partition coefficient (Wildman–Crippen LogP) is 4.00. The van der Waals surface area contributed by atoms with Crippen LogP contribution in [0.3, 0.4) is 0 Å². The first kappa shape index (κ1) is 20.9. The highest BCUT2D eigenvalue weighted by Gasteiger charge is 2.32. The molecular formula is C20H13F3N6O3. The summed E-state index contributed by atoms with van der Waals surface area (Å²) >= 11 is 0. The van der Waals surface area contributed by atoms with E-state index in [-0.39, 0.29) is 41.0 Å². The Labute approximate surface area is 178 Å². The number of alkyl halides is 3. The summed E-state index contributed by atoms with van der Waals surface area (Å²) in [5.74, 6) is 0.688. The maximum absolute atomic E-state index is 13.4. The highest BCUT2D eigenvalue weighted by Crippen LogP contribution is 2.36. The molecule has 162 valence electrons. The predicted molar refractivity (Wildman–Crippen MR) is 102 cm³/mol. The number of nitrogens with one attached hydrogen (secondary N) is 1. The van der Waals surface area contributed by atoms with E-state index >= 15 is 0 Å². The molecule has 0 saturated heterocycles. The van der Waals surface area contributed by atoms with Gasteiger partial charge in [-0.1, -0.05) is 17.3 Å². The topological polar surface area (TPSA) is 123 Å². The third-order valence-electron chi connectivity index (χ3n) is 4.33. The Morgan fingerprint density at radius 1 is 1.16 bits per heavy atom. The lowest BCUT2D eigenvalue weighted by Crippen LogP contribution is -2.06. The zero-order valence-corrected chi connectivity index (χ0v) is 16.3. The molecule has 4 rings (SSSR count). The van der Waals surface area contributed by atoms with Crippen LogP contribution in [0.5, 0.6) is 11.5 Å². The molecule has 0 unspecified atom stereocenters. The van der Waals surface area contributed by atoms with Crippen LogP contribution < -0.4 is 9.47 Å². The Morgan fingerprint density at radius 3 is 2.72 bits per heavy atom. The maximum atomic E-state index is 13.4. The number of H-pyrrole nitrogens is 1. The normalized spacial score (nSPS) is 11.2. The van der Waals surface area contributed by atoms with E-state index in [0.717, 1.165) is 12.1 Å². The monoisotopic (exact) mass is 442 g/mol. The van der Waals surface area contributed by atoms with Gasteiger partial charge in [0, 0.05) is 5.56 Å². The second-order valence-corrected chi connectivity index (χ2v) is 6.38. The number of aromatic nitrogens is 5. The highest BCUT2D eigenvalue weighted by atomic mass is 19.4. The smallest absolute Gasteiger partial charge is 0.416 e. The summed E-state index contributed by atoms with van der Waals surface area (Å²) in [5.41, 5.74) is -0.566. The van der Waals surface area contributed by atoms with Crippen molar-refractivity contribution < 1.29 is 27.2 Å². The van der Waals surface area contributed by atoms with Crippen LogP contribution in [0.4, 0.5) is 13.2 Å². The molecule has 0 amide bonds. The molecule has 0 aliphatic rings. The maximum Gasteiger partial charge on any atom is 0.416 e. The summed E-state index contributed by atoms with van der Waals surface area (Å²) in [6, 6.07) is 11.8. The van der Waals surface area contributed by atoms with Gasteiger partial charge in [0.2, 0.25) is 5.82 Å². The van der Waals surface area contributed by atoms with Gasteiger partial charge in [0.25, 0.3) is 5.89 Å². The zero-order chi connectivity index (χ0) is 22.7. The van der Waals surface area contributed by atoms with Crippen molar-refractivity contribution >= 4 is 0 Å². The Balaban J connectivity index is 1.60. The molecule has 1 N–H and O–H groups in total. The Kier molecular flexibility index (Phi) is 5.46. The standard InChI is InChI=1S/C20H13F3N6O3/c1-30-16-5-3-2-4-14(16)19-25-17(28-32-19)10-31-13-7-11(6-12(8-13)20(21,22)23)18-15(9-24)26-29-27-18/h2-8H,10H2,1H3,(H,26,27,29). The first-order chi connectivity index (χ1) is 15.4. The van der Waals surface area contributed by atoms with E-state index in [1.807, 2.05) is 0 Å². The summed E-state index contributed by atoms with van der Waals surface area (Å²) in [7, 11) is 1.50. The fraction of sp³-hybridized carbons (Fsp3) is 0.150. The van der Waals surface area contributed by atoms with Crippen LogP contribution in [0.2, 0.25) is 0 Å². The number of nitriles is 1. The van der Waals surface area contributed by atoms with Gasteiger partial charge in [-0.05, 0) is 30.3 Å². The first-order valence-electron chi connectivity index (χ1n) is 9.01. The molecule has 0 spiro atoms. The van der Waals surface area contributed by atoms with Crippen LogP contribution in [-0.2, 0) is 12.8 Å². The summed E-state index contributed by atoms with van der Waals surface area (Å²) < 4.78 is 56.1. The number of hydrogen-bond donors (Lipinski definition) is 1. The Hall–Kier alpha value is -4.40. The first-order valence-corrected chi connectivity index (χ1v) is 9.01. The van der Waals surface area contributed by atoms with Crippen molar-refractivity contribution in [3.8, 4) is 40.3 Å². The van der Waals surface area contributed by atoms with Gasteiger partial charge in [0.15, 0.2) is 12.3 Å². The van der Waals surface area contributed by atoms with Crippen LogP contribution in [0.1, 0.15) is 17.1 Å². The van der Waals surface area contributed by atoms with Crippen molar-refractivity contribution in [2.75, 3.05) is 7.11 Å². The third kappa shape index (κ3) is 4.22. The molecule has 4 aromatic rings. The number of halogens is 3. The van der Waals surface area contributed by atoms with Gasteiger partial charge < -0.3 is 14.0 Å². The lowest BCUT2D eigenvalue weighted by atomic mass is 10.1. The molecule has 2 aromatic heterocycles. The molecule has 0 saturated carbocycles. The molecule has 2 heterocycles. The molecule has 9 nitrogen and oxygen atoms in total. The van der Waals surface area contributed by atoms with Crippen molar-refractivity contribution in [1.82, 2.24) is 25.6 Å². The van der Waals surface area contributed by atoms with E-state index in [0.29, 0.717) is 11.3 Å². The van der Waals surface area contributed by atoms with Crippen LogP contribution in [0, 0.1) is 11.3 Å². The molecule has 0 atom stereocenters.